The van der Waals surface area contributed by atoms with Crippen molar-refractivity contribution in [3.63, 3.8) is 0 Å². The topological polar surface area (TPSA) is 34.0 Å². The highest BCUT2D eigenvalue weighted by atomic mass is 16.1. The van der Waals surface area contributed by atoms with Gasteiger partial charge < -0.3 is 9.88 Å². The lowest BCUT2D eigenvalue weighted by molar-refractivity contribution is 0.101. The van der Waals surface area contributed by atoms with Gasteiger partial charge in [0.2, 0.25) is 0 Å². The van der Waals surface area contributed by atoms with Gasteiger partial charge >= 0.3 is 0 Å². The summed E-state index contributed by atoms with van der Waals surface area (Å²) in [5.41, 5.74) is 4.36. The summed E-state index contributed by atoms with van der Waals surface area (Å²) in [4.78, 5) is 12.2. The Morgan fingerprint density at radius 2 is 2.00 bits per heavy atom. The molecule has 3 heteroatoms. The maximum absolute atomic E-state index is 12.2. The van der Waals surface area contributed by atoms with E-state index in [9.17, 15) is 4.79 Å². The van der Waals surface area contributed by atoms with E-state index in [1.54, 1.807) is 0 Å². The fourth-order valence-electron chi connectivity index (χ4n) is 2.78. The van der Waals surface area contributed by atoms with Crippen LogP contribution < -0.4 is 5.32 Å². The molecule has 1 aromatic carbocycles. The first-order valence-electron chi connectivity index (χ1n) is 6.79. The molecule has 19 heavy (non-hydrogen) atoms. The fraction of sp³-hybridized carbons (Fsp3) is 0.312. The maximum Gasteiger partial charge on any atom is 0.272 e. The van der Waals surface area contributed by atoms with Crippen LogP contribution in [0.4, 0.5) is 5.69 Å². The molecule has 3 nitrogen and oxygen atoms in total. The Balaban J connectivity index is 1.88. The van der Waals surface area contributed by atoms with Crippen LogP contribution >= 0.6 is 0 Å². The zero-order valence-corrected chi connectivity index (χ0v) is 11.1. The molecule has 3 rings (SSSR count). The van der Waals surface area contributed by atoms with E-state index in [1.807, 2.05) is 42.1 Å². The molecule has 1 N–H and O–H groups in total. The van der Waals surface area contributed by atoms with Gasteiger partial charge in [0, 0.05) is 18.9 Å². The van der Waals surface area contributed by atoms with E-state index in [-0.39, 0.29) is 5.91 Å². The van der Waals surface area contributed by atoms with E-state index < -0.39 is 0 Å². The highest BCUT2D eigenvalue weighted by molar-refractivity contribution is 6.03. The molecule has 0 radical (unpaired) electrons. The first-order chi connectivity index (χ1) is 9.25. The Kier molecular flexibility index (Phi) is 3.11. The summed E-state index contributed by atoms with van der Waals surface area (Å²) >= 11 is 0. The van der Waals surface area contributed by atoms with Gasteiger partial charge in [0.25, 0.3) is 5.91 Å². The second-order valence-electron chi connectivity index (χ2n) is 5.11. The lowest BCUT2D eigenvalue weighted by Gasteiger charge is -2.19. The Morgan fingerprint density at radius 3 is 2.79 bits per heavy atom. The van der Waals surface area contributed by atoms with Crippen molar-refractivity contribution in [2.75, 3.05) is 5.32 Å². The van der Waals surface area contributed by atoms with Crippen molar-refractivity contribution in [1.82, 2.24) is 4.57 Å². The van der Waals surface area contributed by atoms with Crippen LogP contribution in [0, 0.1) is 0 Å². The van der Waals surface area contributed by atoms with E-state index >= 15 is 0 Å². The van der Waals surface area contributed by atoms with Crippen LogP contribution in [-0.4, -0.2) is 10.5 Å². The smallest absolute Gasteiger partial charge is 0.272 e. The van der Waals surface area contributed by atoms with Crippen molar-refractivity contribution in [3.8, 4) is 0 Å². The van der Waals surface area contributed by atoms with E-state index in [1.165, 1.54) is 24.0 Å². The van der Waals surface area contributed by atoms with Gasteiger partial charge in [-0.25, -0.2) is 0 Å². The number of aryl methyl sites for hydroxylation is 2. The highest BCUT2D eigenvalue weighted by Crippen LogP contribution is 2.28. The first kappa shape index (κ1) is 12.0. The molecule has 1 aliphatic carbocycles. The van der Waals surface area contributed by atoms with Crippen molar-refractivity contribution in [3.05, 3.63) is 53.3 Å². The molecular weight excluding hydrogens is 236 g/mol. The highest BCUT2D eigenvalue weighted by Gasteiger charge is 2.15. The number of hydrogen-bond donors (Lipinski definition) is 1. The molecule has 1 aromatic heterocycles. The SMILES string of the molecule is Cn1cccc1C(=O)Nc1cccc2c1CCCC2. The summed E-state index contributed by atoms with van der Waals surface area (Å²) in [5.74, 6) is -0.0357. The van der Waals surface area contributed by atoms with Gasteiger partial charge in [0.05, 0.1) is 0 Å². The summed E-state index contributed by atoms with van der Waals surface area (Å²) in [6.45, 7) is 0. The molecule has 1 aliphatic rings. The number of rotatable bonds is 2. The molecule has 98 valence electrons. The summed E-state index contributed by atoms with van der Waals surface area (Å²) in [7, 11) is 1.88. The number of nitrogens with zero attached hydrogens (tertiary/aromatic N) is 1. The van der Waals surface area contributed by atoms with Crippen LogP contribution in [0.2, 0.25) is 0 Å². The second-order valence-corrected chi connectivity index (χ2v) is 5.11. The predicted octanol–water partition coefficient (Wildman–Crippen LogP) is 3.16. The van der Waals surface area contributed by atoms with Crippen molar-refractivity contribution in [2.24, 2.45) is 7.05 Å². The van der Waals surface area contributed by atoms with Crippen LogP contribution in [0.25, 0.3) is 0 Å². The lowest BCUT2D eigenvalue weighted by Crippen LogP contribution is -2.17. The van der Waals surface area contributed by atoms with Crippen LogP contribution in [0.5, 0.6) is 0 Å². The molecule has 0 aliphatic heterocycles. The average molecular weight is 254 g/mol. The number of carbonyl (C=O) groups excluding carboxylic acids is 1. The number of nitrogens with one attached hydrogen (secondary N) is 1. The number of fused-ring (bicyclic) bond motifs is 1. The van der Waals surface area contributed by atoms with Crippen LogP contribution in [0.1, 0.15) is 34.5 Å². The molecule has 1 heterocycles. The molecule has 0 atom stereocenters. The molecule has 0 spiro atoms. The van der Waals surface area contributed by atoms with Gasteiger partial charge in [-0.2, -0.15) is 0 Å². The number of carbonyl (C=O) groups is 1. The Morgan fingerprint density at radius 1 is 1.16 bits per heavy atom. The summed E-state index contributed by atoms with van der Waals surface area (Å²) in [6.07, 6.45) is 6.55. The quantitative estimate of drug-likeness (QED) is 0.877. The minimum Gasteiger partial charge on any atom is -0.347 e. The number of anilines is 1. The van der Waals surface area contributed by atoms with Crippen LogP contribution in [-0.2, 0) is 19.9 Å². The molecule has 2 aromatic rings. The number of aromatic nitrogens is 1. The first-order valence-corrected chi connectivity index (χ1v) is 6.79. The maximum atomic E-state index is 12.2. The summed E-state index contributed by atoms with van der Waals surface area (Å²) in [6, 6.07) is 9.93. The van der Waals surface area contributed by atoms with E-state index in [4.69, 9.17) is 0 Å². The normalized spacial score (nSPS) is 13.9. The van der Waals surface area contributed by atoms with Crippen molar-refractivity contribution in [2.45, 2.75) is 25.7 Å². The van der Waals surface area contributed by atoms with E-state index in [0.717, 1.165) is 18.5 Å². The third-order valence-corrected chi connectivity index (χ3v) is 3.82. The van der Waals surface area contributed by atoms with Gasteiger partial charge in [-0.1, -0.05) is 12.1 Å². The Labute approximate surface area is 113 Å². The van der Waals surface area contributed by atoms with Crippen LogP contribution in [0.15, 0.2) is 36.5 Å². The number of amides is 1. The van der Waals surface area contributed by atoms with Gasteiger partial charge in [-0.3, -0.25) is 4.79 Å². The van der Waals surface area contributed by atoms with E-state index in [2.05, 4.69) is 11.4 Å². The number of benzene rings is 1. The fourth-order valence-corrected chi connectivity index (χ4v) is 2.78. The number of hydrogen-bond acceptors (Lipinski definition) is 1. The van der Waals surface area contributed by atoms with Gasteiger partial charge in [0.1, 0.15) is 5.69 Å². The Hall–Kier alpha value is -2.03. The molecule has 0 unspecified atom stereocenters. The predicted molar refractivity (Wildman–Crippen MR) is 76.5 cm³/mol. The van der Waals surface area contributed by atoms with Gasteiger partial charge in [0.15, 0.2) is 0 Å². The lowest BCUT2D eigenvalue weighted by atomic mass is 9.90. The van der Waals surface area contributed by atoms with Crippen molar-refractivity contribution < 1.29 is 4.79 Å². The second kappa shape index (κ2) is 4.92. The third kappa shape index (κ3) is 2.28. The molecule has 0 bridgehead atoms. The molecule has 0 saturated carbocycles. The van der Waals surface area contributed by atoms with Crippen molar-refractivity contribution in [1.29, 1.82) is 0 Å². The van der Waals surface area contributed by atoms with Gasteiger partial charge in [-0.05, 0) is 55.0 Å². The molecule has 0 saturated heterocycles. The average Bonchev–Trinajstić information content (AvgIpc) is 2.85. The van der Waals surface area contributed by atoms with Crippen molar-refractivity contribution >= 4 is 11.6 Å². The molecular formula is C16H18N2O. The third-order valence-electron chi connectivity index (χ3n) is 3.82. The summed E-state index contributed by atoms with van der Waals surface area (Å²) < 4.78 is 1.84. The zero-order valence-electron chi connectivity index (χ0n) is 11.1. The zero-order chi connectivity index (χ0) is 13.2. The minimum absolute atomic E-state index is 0.0357. The van der Waals surface area contributed by atoms with Crippen LogP contribution in [0.3, 0.4) is 0 Å². The molecule has 0 fully saturated rings. The Bertz CT molecular complexity index is 613. The minimum atomic E-state index is -0.0357. The van der Waals surface area contributed by atoms with Gasteiger partial charge in [-0.15, -0.1) is 0 Å². The standard InChI is InChI=1S/C16H18N2O/c1-18-11-5-10-15(18)16(19)17-14-9-4-7-12-6-2-3-8-13(12)14/h4-5,7,9-11H,2-3,6,8H2,1H3,(H,17,19). The largest absolute Gasteiger partial charge is 0.347 e. The van der Waals surface area contributed by atoms with E-state index in [0.29, 0.717) is 5.69 Å². The summed E-state index contributed by atoms with van der Waals surface area (Å²) in [5, 5.41) is 3.05. The molecule has 1 amide bonds. The monoisotopic (exact) mass is 254 g/mol.